The SMILES string of the molecule is Cc1ccc(OCC(=O)NCC(CC(C)C)C(=O)O)cc1C. The van der Waals surface area contributed by atoms with Gasteiger partial charge < -0.3 is 15.2 Å². The number of hydrogen-bond acceptors (Lipinski definition) is 3. The number of carboxylic acid groups (broad SMARTS) is 1. The van der Waals surface area contributed by atoms with E-state index in [0.717, 1.165) is 11.1 Å². The van der Waals surface area contributed by atoms with Gasteiger partial charge in [-0.1, -0.05) is 19.9 Å². The highest BCUT2D eigenvalue weighted by atomic mass is 16.5. The van der Waals surface area contributed by atoms with Crippen molar-refractivity contribution in [2.45, 2.75) is 34.1 Å². The van der Waals surface area contributed by atoms with Crippen molar-refractivity contribution in [2.75, 3.05) is 13.2 Å². The number of carbonyl (C=O) groups excluding carboxylic acids is 1. The average Bonchev–Trinajstić information content (AvgIpc) is 2.44. The topological polar surface area (TPSA) is 75.6 Å². The minimum Gasteiger partial charge on any atom is -0.484 e. The first-order valence-corrected chi connectivity index (χ1v) is 7.49. The van der Waals surface area contributed by atoms with Crippen molar-refractivity contribution in [3.05, 3.63) is 29.3 Å². The largest absolute Gasteiger partial charge is 0.484 e. The molecule has 1 atom stereocenters. The number of benzene rings is 1. The first-order chi connectivity index (χ1) is 10.3. The molecule has 0 aliphatic heterocycles. The van der Waals surface area contributed by atoms with Crippen LogP contribution in [0.15, 0.2) is 18.2 Å². The van der Waals surface area contributed by atoms with Crippen molar-refractivity contribution in [2.24, 2.45) is 11.8 Å². The van der Waals surface area contributed by atoms with Gasteiger partial charge in [0.15, 0.2) is 6.61 Å². The van der Waals surface area contributed by atoms with Crippen molar-refractivity contribution in [1.29, 1.82) is 0 Å². The first kappa shape index (κ1) is 18.0. The summed E-state index contributed by atoms with van der Waals surface area (Å²) >= 11 is 0. The maximum atomic E-state index is 11.8. The minimum atomic E-state index is -0.885. The van der Waals surface area contributed by atoms with Gasteiger partial charge in [0.2, 0.25) is 0 Å². The Morgan fingerprint density at radius 3 is 2.45 bits per heavy atom. The van der Waals surface area contributed by atoms with Gasteiger partial charge in [0, 0.05) is 6.54 Å². The van der Waals surface area contributed by atoms with Crippen LogP contribution in [0.4, 0.5) is 0 Å². The summed E-state index contributed by atoms with van der Waals surface area (Å²) in [5.74, 6) is -0.858. The van der Waals surface area contributed by atoms with Crippen LogP contribution in [0, 0.1) is 25.7 Å². The van der Waals surface area contributed by atoms with E-state index >= 15 is 0 Å². The quantitative estimate of drug-likeness (QED) is 0.774. The van der Waals surface area contributed by atoms with Gasteiger partial charge in [-0.3, -0.25) is 9.59 Å². The van der Waals surface area contributed by atoms with Crippen LogP contribution in [0.1, 0.15) is 31.4 Å². The summed E-state index contributed by atoms with van der Waals surface area (Å²) in [6.07, 6.45) is 0.535. The molecule has 0 spiro atoms. The number of rotatable bonds is 8. The van der Waals surface area contributed by atoms with E-state index in [0.29, 0.717) is 12.2 Å². The number of carbonyl (C=O) groups is 2. The number of amides is 1. The second kappa shape index (κ2) is 8.41. The summed E-state index contributed by atoms with van der Waals surface area (Å²) in [6.45, 7) is 7.92. The number of ether oxygens (including phenoxy) is 1. The Kier molecular flexibility index (Phi) is 6.89. The molecule has 1 unspecified atom stereocenters. The Morgan fingerprint density at radius 1 is 1.23 bits per heavy atom. The Morgan fingerprint density at radius 2 is 1.91 bits per heavy atom. The highest BCUT2D eigenvalue weighted by Gasteiger charge is 2.19. The molecule has 2 N–H and O–H groups in total. The molecule has 22 heavy (non-hydrogen) atoms. The van der Waals surface area contributed by atoms with Gasteiger partial charge in [-0.15, -0.1) is 0 Å². The normalized spacial score (nSPS) is 12.0. The summed E-state index contributed by atoms with van der Waals surface area (Å²) in [4.78, 5) is 22.9. The van der Waals surface area contributed by atoms with E-state index < -0.39 is 11.9 Å². The molecule has 0 aromatic heterocycles. The molecule has 0 fully saturated rings. The highest BCUT2D eigenvalue weighted by molar-refractivity contribution is 5.78. The van der Waals surface area contributed by atoms with Gasteiger partial charge in [0.1, 0.15) is 5.75 Å². The van der Waals surface area contributed by atoms with Crippen LogP contribution in [-0.2, 0) is 9.59 Å². The molecular formula is C17H25NO4. The third-order valence-electron chi connectivity index (χ3n) is 3.50. The molecule has 1 rings (SSSR count). The lowest BCUT2D eigenvalue weighted by molar-refractivity contribution is -0.142. The average molecular weight is 307 g/mol. The van der Waals surface area contributed by atoms with E-state index in [9.17, 15) is 9.59 Å². The number of nitrogens with one attached hydrogen (secondary N) is 1. The second-order valence-electron chi connectivity index (χ2n) is 6.00. The standard InChI is InChI=1S/C17H25NO4/c1-11(2)7-14(17(20)21)9-18-16(19)10-22-15-6-5-12(3)13(4)8-15/h5-6,8,11,14H,7,9-10H2,1-4H3,(H,18,19)(H,20,21). The van der Waals surface area contributed by atoms with Crippen LogP contribution in [0.5, 0.6) is 5.75 Å². The smallest absolute Gasteiger partial charge is 0.308 e. The zero-order valence-electron chi connectivity index (χ0n) is 13.7. The summed E-state index contributed by atoms with van der Waals surface area (Å²) < 4.78 is 5.42. The molecule has 0 bridgehead atoms. The van der Waals surface area contributed by atoms with Crippen molar-refractivity contribution < 1.29 is 19.4 Å². The summed E-state index contributed by atoms with van der Waals surface area (Å²) in [5, 5.41) is 11.7. The first-order valence-electron chi connectivity index (χ1n) is 7.49. The van der Waals surface area contributed by atoms with Gasteiger partial charge in [0.25, 0.3) is 5.91 Å². The number of carboxylic acids is 1. The van der Waals surface area contributed by atoms with Crippen LogP contribution in [0.25, 0.3) is 0 Å². The minimum absolute atomic E-state index is 0.115. The zero-order valence-corrected chi connectivity index (χ0v) is 13.7. The van der Waals surface area contributed by atoms with E-state index in [4.69, 9.17) is 9.84 Å². The van der Waals surface area contributed by atoms with Crippen LogP contribution >= 0.6 is 0 Å². The predicted molar refractivity (Wildman–Crippen MR) is 85.0 cm³/mol. The predicted octanol–water partition coefficient (Wildman–Crippen LogP) is 2.55. The number of aliphatic carboxylic acids is 1. The van der Waals surface area contributed by atoms with Gasteiger partial charge in [-0.05, 0) is 49.4 Å². The Balaban J connectivity index is 2.42. The van der Waals surface area contributed by atoms with E-state index in [1.165, 1.54) is 0 Å². The fourth-order valence-electron chi connectivity index (χ4n) is 2.08. The number of hydrogen-bond donors (Lipinski definition) is 2. The Bertz CT molecular complexity index is 525. The van der Waals surface area contributed by atoms with Crippen molar-refractivity contribution in [1.82, 2.24) is 5.32 Å². The van der Waals surface area contributed by atoms with Crippen molar-refractivity contribution in [3.8, 4) is 5.75 Å². The summed E-state index contributed by atoms with van der Waals surface area (Å²) in [5.41, 5.74) is 2.26. The second-order valence-corrected chi connectivity index (χ2v) is 6.00. The van der Waals surface area contributed by atoms with Crippen molar-refractivity contribution >= 4 is 11.9 Å². The molecule has 0 heterocycles. The van der Waals surface area contributed by atoms with E-state index in [1.54, 1.807) is 0 Å². The highest BCUT2D eigenvalue weighted by Crippen LogP contribution is 2.16. The molecule has 0 aliphatic rings. The van der Waals surface area contributed by atoms with Crippen LogP contribution < -0.4 is 10.1 Å². The Hall–Kier alpha value is -2.04. The maximum Gasteiger partial charge on any atom is 0.308 e. The zero-order chi connectivity index (χ0) is 16.7. The lowest BCUT2D eigenvalue weighted by atomic mass is 9.97. The van der Waals surface area contributed by atoms with Crippen LogP contribution in [-0.4, -0.2) is 30.1 Å². The molecule has 0 aliphatic carbocycles. The molecule has 5 heteroatoms. The molecule has 5 nitrogen and oxygen atoms in total. The number of aryl methyl sites for hydroxylation is 2. The molecule has 1 aromatic carbocycles. The van der Waals surface area contributed by atoms with Crippen molar-refractivity contribution in [3.63, 3.8) is 0 Å². The van der Waals surface area contributed by atoms with Gasteiger partial charge in [0.05, 0.1) is 5.92 Å². The lowest BCUT2D eigenvalue weighted by Crippen LogP contribution is -2.36. The fraction of sp³-hybridized carbons (Fsp3) is 0.529. The molecular weight excluding hydrogens is 282 g/mol. The molecule has 122 valence electrons. The van der Waals surface area contributed by atoms with Crippen LogP contribution in [0.2, 0.25) is 0 Å². The van der Waals surface area contributed by atoms with Crippen LogP contribution in [0.3, 0.4) is 0 Å². The molecule has 0 radical (unpaired) electrons. The third-order valence-corrected chi connectivity index (χ3v) is 3.50. The molecule has 1 amide bonds. The van der Waals surface area contributed by atoms with Gasteiger partial charge in [-0.25, -0.2) is 0 Å². The summed E-state index contributed by atoms with van der Waals surface area (Å²) in [6, 6.07) is 5.63. The maximum absolute atomic E-state index is 11.8. The van der Waals surface area contributed by atoms with Gasteiger partial charge in [-0.2, -0.15) is 0 Å². The van der Waals surface area contributed by atoms with E-state index in [1.807, 2.05) is 45.9 Å². The lowest BCUT2D eigenvalue weighted by Gasteiger charge is -2.15. The van der Waals surface area contributed by atoms with Gasteiger partial charge >= 0.3 is 5.97 Å². The molecule has 1 aromatic rings. The molecule has 0 saturated heterocycles. The summed E-state index contributed by atoms with van der Waals surface area (Å²) in [7, 11) is 0. The monoisotopic (exact) mass is 307 g/mol. The fourth-order valence-corrected chi connectivity index (χ4v) is 2.08. The van der Waals surface area contributed by atoms with E-state index in [-0.39, 0.29) is 25.0 Å². The third kappa shape index (κ3) is 6.16. The van der Waals surface area contributed by atoms with E-state index in [2.05, 4.69) is 5.32 Å². The molecule has 0 saturated carbocycles. The Labute approximate surface area is 131 Å².